The summed E-state index contributed by atoms with van der Waals surface area (Å²) in [6.45, 7) is 0.343. The van der Waals surface area contributed by atoms with Crippen molar-refractivity contribution >= 4 is 27.7 Å². The van der Waals surface area contributed by atoms with Crippen molar-refractivity contribution in [3.8, 4) is 11.1 Å². The number of rotatable bonds is 6. The van der Waals surface area contributed by atoms with Crippen molar-refractivity contribution in [3.05, 3.63) is 64.3 Å². The van der Waals surface area contributed by atoms with Crippen LogP contribution in [0.3, 0.4) is 0 Å². The van der Waals surface area contributed by atoms with E-state index in [1.807, 2.05) is 13.2 Å². The van der Waals surface area contributed by atoms with Crippen molar-refractivity contribution in [1.29, 1.82) is 0 Å². The number of aryl methyl sites for hydroxylation is 1. The van der Waals surface area contributed by atoms with Crippen molar-refractivity contribution in [2.45, 2.75) is 38.0 Å². The number of nitrogen functional groups attached to an aromatic ring is 1. The molecule has 0 unspecified atom stereocenters. The molecule has 0 aliphatic heterocycles. The summed E-state index contributed by atoms with van der Waals surface area (Å²) < 4.78 is 21.6. The highest BCUT2D eigenvalue weighted by atomic mass is 79.9. The van der Waals surface area contributed by atoms with Gasteiger partial charge in [0.05, 0.1) is 35.0 Å². The Morgan fingerprint density at radius 3 is 2.90 bits per heavy atom. The van der Waals surface area contributed by atoms with Crippen molar-refractivity contribution in [2.24, 2.45) is 7.05 Å². The lowest BCUT2D eigenvalue weighted by Gasteiger charge is -2.22. The molecule has 7 nitrogen and oxygen atoms in total. The number of hydrogen-bond acceptors (Lipinski definition) is 5. The summed E-state index contributed by atoms with van der Waals surface area (Å²) in [4.78, 5) is 17.1. The van der Waals surface area contributed by atoms with Gasteiger partial charge in [0.15, 0.2) is 0 Å². The van der Waals surface area contributed by atoms with Gasteiger partial charge in [-0.25, -0.2) is 9.37 Å². The van der Waals surface area contributed by atoms with Gasteiger partial charge in [0, 0.05) is 30.6 Å². The molecule has 2 heterocycles. The SMILES string of the molecule is Cn1cc(-c2cnc(N)c(C(=O)N[C@H]3CCC[C@@H]3OCc3ccc(F)c(Br)c3)c2)cn1. The van der Waals surface area contributed by atoms with Gasteiger partial charge in [-0.2, -0.15) is 5.10 Å². The molecule has 1 aromatic carbocycles. The van der Waals surface area contributed by atoms with E-state index in [0.29, 0.717) is 16.6 Å². The Balaban J connectivity index is 1.43. The molecule has 3 aromatic rings. The molecule has 3 N–H and O–H groups in total. The summed E-state index contributed by atoms with van der Waals surface area (Å²) in [5.74, 6) is -0.410. The van der Waals surface area contributed by atoms with Crippen LogP contribution in [-0.2, 0) is 18.4 Å². The highest BCUT2D eigenvalue weighted by Crippen LogP contribution is 2.26. The van der Waals surface area contributed by atoms with Crippen LogP contribution < -0.4 is 11.1 Å². The fraction of sp³-hybridized carbons (Fsp3) is 0.318. The Morgan fingerprint density at radius 1 is 1.32 bits per heavy atom. The Kier molecular flexibility index (Phi) is 6.33. The number of pyridine rings is 1. The van der Waals surface area contributed by atoms with Crippen molar-refractivity contribution < 1.29 is 13.9 Å². The van der Waals surface area contributed by atoms with Gasteiger partial charge in [-0.3, -0.25) is 9.48 Å². The zero-order chi connectivity index (χ0) is 22.0. The molecule has 9 heteroatoms. The number of aromatic nitrogens is 3. The number of hydrogen-bond donors (Lipinski definition) is 2. The third-order valence-corrected chi connectivity index (χ3v) is 6.03. The van der Waals surface area contributed by atoms with Crippen LogP contribution in [0.5, 0.6) is 0 Å². The first-order valence-corrected chi connectivity index (χ1v) is 10.8. The molecule has 0 saturated heterocycles. The predicted octanol–water partition coefficient (Wildman–Crippen LogP) is 3.83. The van der Waals surface area contributed by atoms with E-state index in [1.54, 1.807) is 35.3 Å². The minimum absolute atomic E-state index is 0.122. The first kappa shape index (κ1) is 21.5. The standard InChI is InChI=1S/C22H23BrFN5O2/c1-29-11-15(10-27-29)14-8-16(21(25)26-9-14)22(30)28-19-3-2-4-20(19)31-12-13-5-6-18(24)17(23)7-13/h5-11,19-20H,2-4,12H2,1H3,(H2,25,26)(H,28,30)/t19-,20-/m0/s1. The summed E-state index contributed by atoms with van der Waals surface area (Å²) in [5.41, 5.74) is 8.81. The van der Waals surface area contributed by atoms with Crippen LogP contribution in [0.2, 0.25) is 0 Å². The molecule has 1 amide bonds. The Labute approximate surface area is 187 Å². The third kappa shape index (κ3) is 4.94. The number of halogens is 2. The maximum absolute atomic E-state index is 13.4. The fourth-order valence-electron chi connectivity index (χ4n) is 3.75. The van der Waals surface area contributed by atoms with Crippen LogP contribution in [0.4, 0.5) is 10.2 Å². The van der Waals surface area contributed by atoms with E-state index in [1.165, 1.54) is 6.07 Å². The number of carbonyl (C=O) groups excluding carboxylic acids is 1. The molecule has 0 spiro atoms. The van der Waals surface area contributed by atoms with Crippen LogP contribution in [0, 0.1) is 5.82 Å². The number of nitrogens with two attached hydrogens (primary N) is 1. The van der Waals surface area contributed by atoms with Gasteiger partial charge in [-0.15, -0.1) is 0 Å². The minimum Gasteiger partial charge on any atom is -0.383 e. The lowest BCUT2D eigenvalue weighted by atomic mass is 10.1. The topological polar surface area (TPSA) is 95.1 Å². The molecule has 2 atom stereocenters. The molecule has 2 aromatic heterocycles. The van der Waals surface area contributed by atoms with Gasteiger partial charge in [0.25, 0.3) is 5.91 Å². The number of nitrogens with one attached hydrogen (secondary N) is 1. The molecule has 1 aliphatic carbocycles. The average molecular weight is 488 g/mol. The molecule has 0 radical (unpaired) electrons. The van der Waals surface area contributed by atoms with Crippen LogP contribution in [0.1, 0.15) is 35.2 Å². The molecule has 1 aliphatic rings. The number of nitrogens with zero attached hydrogens (tertiary/aromatic N) is 3. The second-order valence-corrected chi connectivity index (χ2v) is 8.52. The van der Waals surface area contributed by atoms with E-state index in [-0.39, 0.29) is 29.7 Å². The normalized spacial score (nSPS) is 18.3. The zero-order valence-corrected chi connectivity index (χ0v) is 18.6. The first-order chi connectivity index (χ1) is 14.9. The highest BCUT2D eigenvalue weighted by Gasteiger charge is 2.30. The van der Waals surface area contributed by atoms with Gasteiger partial charge < -0.3 is 15.8 Å². The van der Waals surface area contributed by atoms with E-state index in [0.717, 1.165) is 36.0 Å². The molecule has 1 saturated carbocycles. The summed E-state index contributed by atoms with van der Waals surface area (Å²) in [5, 5.41) is 7.21. The first-order valence-electron chi connectivity index (χ1n) is 10.0. The second-order valence-electron chi connectivity index (χ2n) is 7.67. The molecule has 4 rings (SSSR count). The average Bonchev–Trinajstić information content (AvgIpc) is 3.38. The molecule has 1 fully saturated rings. The van der Waals surface area contributed by atoms with Gasteiger partial charge in [0.1, 0.15) is 11.6 Å². The minimum atomic E-state index is -0.311. The highest BCUT2D eigenvalue weighted by molar-refractivity contribution is 9.10. The number of carbonyl (C=O) groups is 1. The number of ether oxygens (including phenoxy) is 1. The van der Waals surface area contributed by atoms with E-state index in [4.69, 9.17) is 10.5 Å². The lowest BCUT2D eigenvalue weighted by molar-refractivity contribution is 0.0271. The molecule has 31 heavy (non-hydrogen) atoms. The number of amides is 1. The molecule has 162 valence electrons. The molecular formula is C22H23BrFN5O2. The summed E-state index contributed by atoms with van der Waals surface area (Å²) in [6, 6.07) is 6.41. The van der Waals surface area contributed by atoms with E-state index >= 15 is 0 Å². The Hall–Kier alpha value is -2.78. The third-order valence-electron chi connectivity index (χ3n) is 5.42. The lowest BCUT2D eigenvalue weighted by Crippen LogP contribution is -2.41. The Morgan fingerprint density at radius 2 is 2.16 bits per heavy atom. The summed E-state index contributed by atoms with van der Waals surface area (Å²) >= 11 is 3.19. The number of anilines is 1. The van der Waals surface area contributed by atoms with Gasteiger partial charge in [-0.05, 0) is 59.0 Å². The maximum atomic E-state index is 13.4. The summed E-state index contributed by atoms with van der Waals surface area (Å²) in [7, 11) is 1.83. The summed E-state index contributed by atoms with van der Waals surface area (Å²) in [6.07, 6.45) is 7.68. The number of benzene rings is 1. The largest absolute Gasteiger partial charge is 0.383 e. The zero-order valence-electron chi connectivity index (χ0n) is 17.0. The predicted molar refractivity (Wildman–Crippen MR) is 119 cm³/mol. The second kappa shape index (κ2) is 9.15. The van der Waals surface area contributed by atoms with Crippen LogP contribution in [-0.4, -0.2) is 32.8 Å². The van der Waals surface area contributed by atoms with Crippen molar-refractivity contribution in [1.82, 2.24) is 20.1 Å². The van der Waals surface area contributed by atoms with Crippen LogP contribution in [0.25, 0.3) is 11.1 Å². The van der Waals surface area contributed by atoms with Gasteiger partial charge in [-0.1, -0.05) is 6.07 Å². The quantitative estimate of drug-likeness (QED) is 0.550. The van der Waals surface area contributed by atoms with Crippen molar-refractivity contribution in [3.63, 3.8) is 0 Å². The van der Waals surface area contributed by atoms with Gasteiger partial charge in [0.2, 0.25) is 0 Å². The van der Waals surface area contributed by atoms with Gasteiger partial charge >= 0.3 is 0 Å². The Bertz CT molecular complexity index is 1100. The van der Waals surface area contributed by atoms with E-state index in [2.05, 4.69) is 31.3 Å². The van der Waals surface area contributed by atoms with E-state index in [9.17, 15) is 9.18 Å². The smallest absolute Gasteiger partial charge is 0.255 e. The fourth-order valence-corrected chi connectivity index (χ4v) is 4.18. The van der Waals surface area contributed by atoms with Crippen LogP contribution >= 0.6 is 15.9 Å². The molecular weight excluding hydrogens is 465 g/mol. The maximum Gasteiger partial charge on any atom is 0.255 e. The monoisotopic (exact) mass is 487 g/mol. The van der Waals surface area contributed by atoms with Crippen LogP contribution in [0.15, 0.2) is 47.3 Å². The van der Waals surface area contributed by atoms with E-state index < -0.39 is 0 Å². The van der Waals surface area contributed by atoms with Crippen molar-refractivity contribution in [2.75, 3.05) is 5.73 Å². The molecule has 0 bridgehead atoms.